The number of benzene rings is 2. The predicted molar refractivity (Wildman–Crippen MR) is 103 cm³/mol. The van der Waals surface area contributed by atoms with Crippen LogP contribution in [-0.2, 0) is 10.0 Å². The Morgan fingerprint density at radius 2 is 1.82 bits per heavy atom. The summed E-state index contributed by atoms with van der Waals surface area (Å²) in [7, 11) is -3.67. The molecule has 2 rings (SSSR count). The molecule has 0 aliphatic rings. The Morgan fingerprint density at radius 1 is 1.18 bits per heavy atom. The van der Waals surface area contributed by atoms with E-state index in [1.807, 2.05) is 6.92 Å². The number of sulfonamides is 1. The molecule has 0 aromatic heterocycles. The summed E-state index contributed by atoms with van der Waals surface area (Å²) in [4.78, 5) is 12.3. The van der Waals surface area contributed by atoms with Gasteiger partial charge in [0.2, 0.25) is 10.0 Å². The maximum Gasteiger partial charge on any atom is 0.387 e. The first-order chi connectivity index (χ1) is 13.1. The fourth-order valence-corrected chi connectivity index (χ4v) is 3.73. The molecule has 6 nitrogen and oxygen atoms in total. The lowest BCUT2D eigenvalue weighted by Gasteiger charge is -2.12. The Hall–Kier alpha value is -2.23. The van der Waals surface area contributed by atoms with Gasteiger partial charge >= 0.3 is 6.61 Å². The van der Waals surface area contributed by atoms with Gasteiger partial charge in [0.15, 0.2) is 0 Å². The Morgan fingerprint density at radius 3 is 2.36 bits per heavy atom. The number of halogens is 3. The summed E-state index contributed by atoms with van der Waals surface area (Å²) in [5, 5.41) is 2.46. The molecule has 0 saturated heterocycles. The van der Waals surface area contributed by atoms with Crippen LogP contribution in [0, 0.1) is 0 Å². The number of hydrogen-bond acceptors (Lipinski definition) is 4. The third-order valence-electron chi connectivity index (χ3n) is 3.80. The minimum Gasteiger partial charge on any atom is -0.433 e. The largest absolute Gasteiger partial charge is 0.433 e. The molecule has 2 aromatic rings. The smallest absolute Gasteiger partial charge is 0.387 e. The first kappa shape index (κ1) is 22.1. The summed E-state index contributed by atoms with van der Waals surface area (Å²) in [6.45, 7) is 0.601. The van der Waals surface area contributed by atoms with Crippen molar-refractivity contribution >= 4 is 33.2 Å². The number of alkyl halides is 2. The van der Waals surface area contributed by atoms with Crippen molar-refractivity contribution in [1.82, 2.24) is 4.72 Å². The molecule has 2 aromatic carbocycles. The highest BCUT2D eigenvalue weighted by molar-refractivity contribution is 7.89. The van der Waals surface area contributed by atoms with Gasteiger partial charge in [-0.3, -0.25) is 4.79 Å². The summed E-state index contributed by atoms with van der Waals surface area (Å²) in [5.41, 5.74) is 0.485. The van der Waals surface area contributed by atoms with E-state index in [4.69, 9.17) is 11.6 Å². The molecular weight excluding hydrogens is 414 g/mol. The maximum atomic E-state index is 12.3. The second-order valence-corrected chi connectivity index (χ2v) is 8.05. The molecule has 1 unspecified atom stereocenters. The van der Waals surface area contributed by atoms with E-state index < -0.39 is 22.5 Å². The number of amides is 1. The van der Waals surface area contributed by atoms with Gasteiger partial charge in [0.25, 0.3) is 5.91 Å². The van der Waals surface area contributed by atoms with Crippen LogP contribution in [0.1, 0.15) is 30.6 Å². The lowest BCUT2D eigenvalue weighted by atomic mass is 10.2. The highest BCUT2D eigenvalue weighted by Crippen LogP contribution is 2.29. The van der Waals surface area contributed by atoms with E-state index in [-0.39, 0.29) is 33.0 Å². The summed E-state index contributed by atoms with van der Waals surface area (Å²) in [5.74, 6) is -0.726. The minimum atomic E-state index is -3.67. The van der Waals surface area contributed by atoms with Crippen LogP contribution in [0.15, 0.2) is 47.4 Å². The summed E-state index contributed by atoms with van der Waals surface area (Å²) < 4.78 is 55.7. The molecule has 152 valence electrons. The van der Waals surface area contributed by atoms with Gasteiger partial charge in [0.1, 0.15) is 5.75 Å². The monoisotopic (exact) mass is 432 g/mol. The van der Waals surface area contributed by atoms with Crippen LogP contribution in [-0.4, -0.2) is 27.0 Å². The second kappa shape index (κ2) is 9.31. The van der Waals surface area contributed by atoms with Crippen molar-refractivity contribution in [2.75, 3.05) is 5.32 Å². The fourth-order valence-electron chi connectivity index (χ4n) is 2.18. The molecule has 0 aliphatic heterocycles. The number of nitrogens with one attached hydrogen (secondary N) is 2. The van der Waals surface area contributed by atoms with Crippen LogP contribution in [0.5, 0.6) is 5.75 Å². The normalized spacial score (nSPS) is 12.6. The highest BCUT2D eigenvalue weighted by atomic mass is 35.5. The average Bonchev–Trinajstić information content (AvgIpc) is 2.63. The molecular formula is C18H19ClF2N2O4S. The van der Waals surface area contributed by atoms with E-state index in [2.05, 4.69) is 14.8 Å². The van der Waals surface area contributed by atoms with Crippen LogP contribution in [0.3, 0.4) is 0 Å². The van der Waals surface area contributed by atoms with Gasteiger partial charge in [-0.05, 0) is 55.8 Å². The van der Waals surface area contributed by atoms with Gasteiger partial charge in [0, 0.05) is 17.3 Å². The van der Waals surface area contributed by atoms with Gasteiger partial charge < -0.3 is 10.1 Å². The quantitative estimate of drug-likeness (QED) is 0.652. The van der Waals surface area contributed by atoms with Crippen LogP contribution >= 0.6 is 11.6 Å². The van der Waals surface area contributed by atoms with E-state index >= 15 is 0 Å². The van der Waals surface area contributed by atoms with Crippen molar-refractivity contribution in [1.29, 1.82) is 0 Å². The summed E-state index contributed by atoms with van der Waals surface area (Å²) in [6.07, 6.45) is 0.642. The van der Waals surface area contributed by atoms with Crippen molar-refractivity contribution in [2.24, 2.45) is 0 Å². The molecule has 0 saturated carbocycles. The number of carbonyl (C=O) groups is 1. The van der Waals surface area contributed by atoms with Crippen molar-refractivity contribution in [2.45, 2.75) is 37.8 Å². The number of rotatable bonds is 8. The van der Waals surface area contributed by atoms with Crippen molar-refractivity contribution in [3.63, 3.8) is 0 Å². The van der Waals surface area contributed by atoms with Crippen molar-refractivity contribution in [3.05, 3.63) is 53.1 Å². The molecule has 0 heterocycles. The van der Waals surface area contributed by atoms with Crippen LogP contribution in [0.2, 0.25) is 5.02 Å². The highest BCUT2D eigenvalue weighted by Gasteiger charge is 2.17. The molecule has 28 heavy (non-hydrogen) atoms. The molecule has 0 fully saturated rings. The third-order valence-corrected chi connectivity index (χ3v) is 5.70. The molecule has 10 heteroatoms. The molecule has 0 spiro atoms. The van der Waals surface area contributed by atoms with E-state index in [1.165, 1.54) is 42.5 Å². The average molecular weight is 433 g/mol. The van der Waals surface area contributed by atoms with Gasteiger partial charge in [-0.15, -0.1) is 0 Å². The molecule has 1 atom stereocenters. The number of carbonyl (C=O) groups excluding carboxylic acids is 1. The van der Waals surface area contributed by atoms with Gasteiger partial charge in [-0.1, -0.05) is 18.5 Å². The number of ether oxygens (including phenoxy) is 1. The van der Waals surface area contributed by atoms with E-state index in [1.54, 1.807) is 6.92 Å². The van der Waals surface area contributed by atoms with Gasteiger partial charge in [-0.2, -0.15) is 8.78 Å². The SMILES string of the molecule is CCC(C)NS(=O)(=O)c1ccc(C(=O)Nc2ccc(OC(F)F)c(Cl)c2)cc1. The zero-order valence-corrected chi connectivity index (χ0v) is 16.7. The van der Waals surface area contributed by atoms with E-state index in [9.17, 15) is 22.0 Å². The molecule has 0 radical (unpaired) electrons. The first-order valence-electron chi connectivity index (χ1n) is 8.30. The van der Waals surface area contributed by atoms with Gasteiger partial charge in [0.05, 0.1) is 9.92 Å². The van der Waals surface area contributed by atoms with Crippen LogP contribution in [0.4, 0.5) is 14.5 Å². The molecule has 0 bridgehead atoms. The Labute approximate surface area is 166 Å². The van der Waals surface area contributed by atoms with Crippen LogP contribution in [0.25, 0.3) is 0 Å². The minimum absolute atomic E-state index is 0.0425. The fraction of sp³-hybridized carbons (Fsp3) is 0.278. The first-order valence-corrected chi connectivity index (χ1v) is 10.2. The van der Waals surface area contributed by atoms with E-state index in [0.29, 0.717) is 6.42 Å². The topological polar surface area (TPSA) is 84.5 Å². The van der Waals surface area contributed by atoms with Crippen molar-refractivity contribution in [3.8, 4) is 5.75 Å². The third kappa shape index (κ3) is 5.88. The van der Waals surface area contributed by atoms with Gasteiger partial charge in [-0.25, -0.2) is 13.1 Å². The summed E-state index contributed by atoms with van der Waals surface area (Å²) in [6, 6.07) is 9.02. The Balaban J connectivity index is 2.10. The zero-order valence-electron chi connectivity index (χ0n) is 15.1. The summed E-state index contributed by atoms with van der Waals surface area (Å²) >= 11 is 5.84. The molecule has 1 amide bonds. The lowest BCUT2D eigenvalue weighted by Crippen LogP contribution is -2.32. The molecule has 0 aliphatic carbocycles. The Kier molecular flexibility index (Phi) is 7.34. The van der Waals surface area contributed by atoms with Crippen molar-refractivity contribution < 1.29 is 26.7 Å². The zero-order chi connectivity index (χ0) is 20.9. The lowest BCUT2D eigenvalue weighted by molar-refractivity contribution is -0.0497. The maximum absolute atomic E-state index is 12.3. The second-order valence-electron chi connectivity index (χ2n) is 5.93. The molecule has 2 N–H and O–H groups in total. The van der Waals surface area contributed by atoms with E-state index in [0.717, 1.165) is 0 Å². The van der Waals surface area contributed by atoms with Crippen LogP contribution < -0.4 is 14.8 Å². The Bertz CT molecular complexity index is 937. The standard InChI is InChI=1S/C18H19ClF2N2O4S/c1-3-11(2)23-28(25,26)14-7-4-12(5-8-14)17(24)22-13-6-9-16(15(19)10-13)27-18(20)21/h4-11,18,23H,3H2,1-2H3,(H,22,24). The predicted octanol–water partition coefficient (Wildman–Crippen LogP) is 4.27. The number of hydrogen-bond donors (Lipinski definition) is 2. The number of anilines is 1.